The lowest BCUT2D eigenvalue weighted by atomic mass is 10.1. The molecule has 2 N–H and O–H groups in total. The molecule has 0 saturated heterocycles. The van der Waals surface area contributed by atoms with Crippen LogP contribution in [-0.2, 0) is 0 Å². The Kier molecular flexibility index (Phi) is 5.76. The third-order valence-electron chi connectivity index (χ3n) is 2.90. The summed E-state index contributed by atoms with van der Waals surface area (Å²) < 4.78 is 13.4. The molecule has 18 heavy (non-hydrogen) atoms. The summed E-state index contributed by atoms with van der Waals surface area (Å²) in [4.78, 5) is 0. The topological polar surface area (TPSA) is 56.0 Å². The number of benzene rings is 1. The van der Waals surface area contributed by atoms with Crippen LogP contribution in [0.5, 0.6) is 0 Å². The van der Waals surface area contributed by atoms with Crippen molar-refractivity contribution in [3.05, 3.63) is 35.1 Å². The first-order chi connectivity index (χ1) is 8.58. The molecule has 0 radical (unpaired) electrons. The lowest BCUT2D eigenvalue weighted by Gasteiger charge is -2.17. The summed E-state index contributed by atoms with van der Waals surface area (Å²) in [6.45, 7) is 4.40. The van der Waals surface area contributed by atoms with Gasteiger partial charge in [-0.15, -0.1) is 0 Å². The largest absolute Gasteiger partial charge is 0.392 e. The average molecular weight is 250 g/mol. The molecule has 1 aromatic carbocycles. The van der Waals surface area contributed by atoms with Crippen LogP contribution in [0, 0.1) is 17.1 Å². The molecule has 1 aromatic rings. The molecular weight excluding hydrogens is 231 g/mol. The van der Waals surface area contributed by atoms with Crippen molar-refractivity contribution in [1.82, 2.24) is 5.32 Å². The summed E-state index contributed by atoms with van der Waals surface area (Å²) in [5.74, 6) is -0.502. The Bertz CT molecular complexity index is 428. The van der Waals surface area contributed by atoms with E-state index in [4.69, 9.17) is 5.26 Å². The molecule has 4 heteroatoms. The number of aliphatic hydroxyl groups excluding tert-OH is 1. The molecule has 0 aliphatic heterocycles. The van der Waals surface area contributed by atoms with Gasteiger partial charge in [-0.05, 0) is 31.0 Å². The molecule has 0 fully saturated rings. The Morgan fingerprint density at radius 3 is 2.78 bits per heavy atom. The van der Waals surface area contributed by atoms with E-state index in [-0.39, 0.29) is 17.7 Å². The Labute approximate surface area is 107 Å². The zero-order valence-electron chi connectivity index (χ0n) is 10.8. The van der Waals surface area contributed by atoms with Crippen LogP contribution in [0.4, 0.5) is 4.39 Å². The number of nitrogens with zero attached hydrogens (tertiary/aromatic N) is 1. The van der Waals surface area contributed by atoms with E-state index in [1.165, 1.54) is 12.1 Å². The quantitative estimate of drug-likeness (QED) is 0.815. The fourth-order valence-corrected chi connectivity index (χ4v) is 1.76. The van der Waals surface area contributed by atoms with Gasteiger partial charge in [0.15, 0.2) is 0 Å². The highest BCUT2D eigenvalue weighted by molar-refractivity contribution is 5.34. The minimum Gasteiger partial charge on any atom is -0.392 e. The first-order valence-corrected chi connectivity index (χ1v) is 6.19. The maximum absolute atomic E-state index is 13.4. The molecule has 2 atom stereocenters. The van der Waals surface area contributed by atoms with E-state index in [1.54, 1.807) is 12.1 Å². The van der Waals surface area contributed by atoms with Crippen LogP contribution in [0.2, 0.25) is 0 Å². The zero-order chi connectivity index (χ0) is 13.5. The lowest BCUT2D eigenvalue weighted by Crippen LogP contribution is -2.29. The summed E-state index contributed by atoms with van der Waals surface area (Å²) >= 11 is 0. The molecule has 3 nitrogen and oxygen atoms in total. The van der Waals surface area contributed by atoms with Gasteiger partial charge in [0.25, 0.3) is 0 Å². The van der Waals surface area contributed by atoms with E-state index in [0.717, 1.165) is 18.4 Å². The van der Waals surface area contributed by atoms with Crippen molar-refractivity contribution in [3.63, 3.8) is 0 Å². The van der Waals surface area contributed by atoms with Gasteiger partial charge in [-0.1, -0.05) is 19.4 Å². The number of nitriles is 1. The molecule has 98 valence electrons. The fraction of sp³-hybridized carbons (Fsp3) is 0.500. The van der Waals surface area contributed by atoms with Gasteiger partial charge in [-0.3, -0.25) is 0 Å². The van der Waals surface area contributed by atoms with Gasteiger partial charge in [0.05, 0.1) is 11.7 Å². The highest BCUT2D eigenvalue weighted by atomic mass is 19.1. The SMILES string of the molecule is CCCC(O)CNC(C)c1ccc(C#N)c(F)c1. The van der Waals surface area contributed by atoms with E-state index in [0.29, 0.717) is 6.54 Å². The van der Waals surface area contributed by atoms with Crippen LogP contribution in [0.15, 0.2) is 18.2 Å². The Morgan fingerprint density at radius 1 is 1.50 bits per heavy atom. The maximum Gasteiger partial charge on any atom is 0.141 e. The van der Waals surface area contributed by atoms with Gasteiger partial charge in [0.2, 0.25) is 0 Å². The van der Waals surface area contributed by atoms with E-state index in [1.807, 2.05) is 13.8 Å². The predicted octanol–water partition coefficient (Wildman–Crippen LogP) is 2.51. The average Bonchev–Trinajstić information content (AvgIpc) is 2.36. The van der Waals surface area contributed by atoms with Gasteiger partial charge in [-0.25, -0.2) is 4.39 Å². The minimum atomic E-state index is -0.502. The highest BCUT2D eigenvalue weighted by Crippen LogP contribution is 2.16. The number of nitrogens with one attached hydrogen (secondary N) is 1. The monoisotopic (exact) mass is 250 g/mol. The summed E-state index contributed by atoms with van der Waals surface area (Å²) in [7, 11) is 0. The first kappa shape index (κ1) is 14.6. The molecule has 0 aliphatic rings. The highest BCUT2D eigenvalue weighted by Gasteiger charge is 2.10. The maximum atomic E-state index is 13.4. The van der Waals surface area contributed by atoms with E-state index in [2.05, 4.69) is 5.32 Å². The van der Waals surface area contributed by atoms with Crippen LogP contribution < -0.4 is 5.32 Å². The van der Waals surface area contributed by atoms with Crippen molar-refractivity contribution < 1.29 is 9.50 Å². The number of hydrogen-bond acceptors (Lipinski definition) is 3. The van der Waals surface area contributed by atoms with Crippen molar-refractivity contribution in [1.29, 1.82) is 5.26 Å². The first-order valence-electron chi connectivity index (χ1n) is 6.19. The van der Waals surface area contributed by atoms with E-state index < -0.39 is 5.82 Å². The second-order valence-electron chi connectivity index (χ2n) is 4.42. The molecule has 0 bridgehead atoms. The van der Waals surface area contributed by atoms with Crippen LogP contribution >= 0.6 is 0 Å². The van der Waals surface area contributed by atoms with Crippen molar-refractivity contribution in [2.45, 2.75) is 38.8 Å². The molecule has 0 heterocycles. The zero-order valence-corrected chi connectivity index (χ0v) is 10.8. The lowest BCUT2D eigenvalue weighted by molar-refractivity contribution is 0.157. The van der Waals surface area contributed by atoms with Gasteiger partial charge in [0, 0.05) is 12.6 Å². The van der Waals surface area contributed by atoms with Gasteiger partial charge in [0.1, 0.15) is 11.9 Å². The summed E-state index contributed by atoms with van der Waals surface area (Å²) in [6.07, 6.45) is 1.31. The summed E-state index contributed by atoms with van der Waals surface area (Å²) in [5.41, 5.74) is 0.826. The number of hydrogen-bond donors (Lipinski definition) is 2. The Hall–Kier alpha value is -1.44. The molecular formula is C14H19FN2O. The minimum absolute atomic E-state index is 0.0527. The van der Waals surface area contributed by atoms with Crippen LogP contribution in [0.3, 0.4) is 0 Å². The molecule has 0 aliphatic carbocycles. The smallest absolute Gasteiger partial charge is 0.141 e. The van der Waals surface area contributed by atoms with Gasteiger partial charge in [-0.2, -0.15) is 5.26 Å². The van der Waals surface area contributed by atoms with E-state index in [9.17, 15) is 9.50 Å². The molecule has 0 saturated carbocycles. The summed E-state index contributed by atoms with van der Waals surface area (Å²) in [6, 6.07) is 6.30. The van der Waals surface area contributed by atoms with Crippen molar-refractivity contribution in [3.8, 4) is 6.07 Å². The molecule has 2 unspecified atom stereocenters. The third-order valence-corrected chi connectivity index (χ3v) is 2.90. The predicted molar refractivity (Wildman–Crippen MR) is 68.4 cm³/mol. The number of halogens is 1. The molecule has 0 spiro atoms. The second-order valence-corrected chi connectivity index (χ2v) is 4.42. The molecule has 0 aromatic heterocycles. The van der Waals surface area contributed by atoms with Crippen LogP contribution in [0.25, 0.3) is 0 Å². The standard InChI is InChI=1S/C14H19FN2O/c1-3-4-13(18)9-17-10(2)11-5-6-12(8-16)14(15)7-11/h5-7,10,13,17-18H,3-4,9H2,1-2H3. The van der Waals surface area contributed by atoms with Crippen molar-refractivity contribution in [2.24, 2.45) is 0 Å². The fourth-order valence-electron chi connectivity index (χ4n) is 1.76. The Balaban J connectivity index is 2.59. The van der Waals surface area contributed by atoms with Crippen molar-refractivity contribution >= 4 is 0 Å². The van der Waals surface area contributed by atoms with Gasteiger partial charge >= 0.3 is 0 Å². The summed E-state index contributed by atoms with van der Waals surface area (Å²) in [5, 5.41) is 21.4. The van der Waals surface area contributed by atoms with Crippen LogP contribution in [-0.4, -0.2) is 17.8 Å². The number of rotatable bonds is 6. The Morgan fingerprint density at radius 2 is 2.22 bits per heavy atom. The number of aliphatic hydroxyl groups is 1. The molecule has 1 rings (SSSR count). The van der Waals surface area contributed by atoms with Crippen LogP contribution in [0.1, 0.15) is 43.9 Å². The van der Waals surface area contributed by atoms with Gasteiger partial charge < -0.3 is 10.4 Å². The second kappa shape index (κ2) is 7.10. The van der Waals surface area contributed by atoms with E-state index >= 15 is 0 Å². The van der Waals surface area contributed by atoms with Crippen molar-refractivity contribution in [2.75, 3.05) is 6.54 Å². The molecule has 0 amide bonds. The third kappa shape index (κ3) is 4.10. The normalized spacial score (nSPS) is 13.9.